The zero-order valence-electron chi connectivity index (χ0n) is 12.1. The van der Waals surface area contributed by atoms with Crippen LogP contribution >= 0.6 is 0 Å². The van der Waals surface area contributed by atoms with Gasteiger partial charge in [0.25, 0.3) is 5.91 Å². The van der Waals surface area contributed by atoms with E-state index in [2.05, 4.69) is 29.5 Å². The number of ether oxygens (including phenoxy) is 1. The standard InChI is InChI=1S/C14H23N3O2/c1-5-19-9-12(10(2)3)17-14(18)11-6-7-16-13(8-11)15-4/h6-8,10,12H,5,9H2,1-4H3,(H,15,16)(H,17,18). The third-order valence-electron chi connectivity index (χ3n) is 2.90. The summed E-state index contributed by atoms with van der Waals surface area (Å²) in [6.07, 6.45) is 1.62. The Labute approximate surface area is 114 Å². The molecular formula is C14H23N3O2. The molecule has 5 nitrogen and oxygen atoms in total. The van der Waals surface area contributed by atoms with Gasteiger partial charge >= 0.3 is 0 Å². The van der Waals surface area contributed by atoms with Gasteiger partial charge in [0.2, 0.25) is 0 Å². The first kappa shape index (κ1) is 15.4. The fraction of sp³-hybridized carbons (Fsp3) is 0.571. The molecule has 19 heavy (non-hydrogen) atoms. The fourth-order valence-corrected chi connectivity index (χ4v) is 1.61. The summed E-state index contributed by atoms with van der Waals surface area (Å²) in [5.74, 6) is 0.900. The van der Waals surface area contributed by atoms with E-state index in [1.54, 1.807) is 25.4 Å². The summed E-state index contributed by atoms with van der Waals surface area (Å²) in [7, 11) is 1.77. The van der Waals surface area contributed by atoms with Crippen molar-refractivity contribution in [1.82, 2.24) is 10.3 Å². The van der Waals surface area contributed by atoms with Gasteiger partial charge in [0.15, 0.2) is 0 Å². The normalized spacial score (nSPS) is 12.3. The van der Waals surface area contributed by atoms with Crippen molar-refractivity contribution in [3.8, 4) is 0 Å². The Morgan fingerprint density at radius 3 is 2.79 bits per heavy atom. The molecule has 1 rings (SSSR count). The quantitative estimate of drug-likeness (QED) is 0.790. The molecular weight excluding hydrogens is 242 g/mol. The molecule has 0 bridgehead atoms. The topological polar surface area (TPSA) is 63.2 Å². The summed E-state index contributed by atoms with van der Waals surface area (Å²) in [4.78, 5) is 16.3. The minimum atomic E-state index is -0.0997. The Morgan fingerprint density at radius 2 is 2.21 bits per heavy atom. The average molecular weight is 265 g/mol. The SMILES string of the molecule is CCOCC(NC(=O)c1ccnc(NC)c1)C(C)C. The summed E-state index contributed by atoms with van der Waals surface area (Å²) in [6, 6.07) is 3.44. The van der Waals surface area contributed by atoms with Gasteiger partial charge in [0.05, 0.1) is 12.6 Å². The van der Waals surface area contributed by atoms with Crippen LogP contribution in [0.1, 0.15) is 31.1 Å². The number of hydrogen-bond donors (Lipinski definition) is 2. The summed E-state index contributed by atoms with van der Waals surface area (Å²) in [6.45, 7) is 7.26. The van der Waals surface area contributed by atoms with Gasteiger partial charge in [-0.15, -0.1) is 0 Å². The van der Waals surface area contributed by atoms with Crippen molar-refractivity contribution in [3.05, 3.63) is 23.9 Å². The van der Waals surface area contributed by atoms with E-state index in [0.29, 0.717) is 30.5 Å². The maximum Gasteiger partial charge on any atom is 0.251 e. The van der Waals surface area contributed by atoms with E-state index in [-0.39, 0.29) is 11.9 Å². The van der Waals surface area contributed by atoms with Gasteiger partial charge < -0.3 is 15.4 Å². The first-order chi connectivity index (χ1) is 9.08. The molecule has 2 N–H and O–H groups in total. The summed E-state index contributed by atoms with van der Waals surface area (Å²) in [5, 5.41) is 5.92. The van der Waals surface area contributed by atoms with Crippen LogP contribution in [-0.2, 0) is 4.74 Å². The van der Waals surface area contributed by atoms with Crippen molar-refractivity contribution in [2.24, 2.45) is 5.92 Å². The molecule has 0 radical (unpaired) electrons. The van der Waals surface area contributed by atoms with Crippen LogP contribution in [-0.4, -0.2) is 37.2 Å². The second kappa shape index (κ2) is 7.74. The lowest BCUT2D eigenvalue weighted by Gasteiger charge is -2.22. The molecule has 0 aliphatic rings. The summed E-state index contributed by atoms with van der Waals surface area (Å²) < 4.78 is 5.40. The van der Waals surface area contributed by atoms with E-state index in [1.165, 1.54) is 0 Å². The van der Waals surface area contributed by atoms with Crippen LogP contribution < -0.4 is 10.6 Å². The van der Waals surface area contributed by atoms with Gasteiger partial charge in [0.1, 0.15) is 5.82 Å². The minimum absolute atomic E-state index is 0.0126. The molecule has 1 aromatic heterocycles. The second-order valence-corrected chi connectivity index (χ2v) is 4.66. The number of aromatic nitrogens is 1. The monoisotopic (exact) mass is 265 g/mol. The van der Waals surface area contributed by atoms with Crippen LogP contribution in [0.3, 0.4) is 0 Å². The van der Waals surface area contributed by atoms with E-state index < -0.39 is 0 Å². The van der Waals surface area contributed by atoms with E-state index in [4.69, 9.17) is 4.74 Å². The smallest absolute Gasteiger partial charge is 0.251 e. The number of amides is 1. The van der Waals surface area contributed by atoms with Crippen molar-refractivity contribution in [2.75, 3.05) is 25.6 Å². The lowest BCUT2D eigenvalue weighted by molar-refractivity contribution is 0.0806. The molecule has 0 saturated carbocycles. The molecule has 0 aliphatic carbocycles. The maximum absolute atomic E-state index is 12.2. The predicted molar refractivity (Wildman–Crippen MR) is 76.4 cm³/mol. The largest absolute Gasteiger partial charge is 0.380 e. The average Bonchev–Trinajstić information content (AvgIpc) is 2.42. The van der Waals surface area contributed by atoms with Crippen molar-refractivity contribution in [2.45, 2.75) is 26.8 Å². The van der Waals surface area contributed by atoms with E-state index in [9.17, 15) is 4.79 Å². The van der Waals surface area contributed by atoms with Gasteiger partial charge in [-0.25, -0.2) is 4.98 Å². The highest BCUT2D eigenvalue weighted by atomic mass is 16.5. The molecule has 0 fully saturated rings. The predicted octanol–water partition coefficient (Wildman–Crippen LogP) is 1.91. The van der Waals surface area contributed by atoms with Crippen LogP contribution in [0.4, 0.5) is 5.82 Å². The van der Waals surface area contributed by atoms with Crippen molar-refractivity contribution in [1.29, 1.82) is 0 Å². The Morgan fingerprint density at radius 1 is 1.47 bits per heavy atom. The molecule has 1 aromatic rings. The summed E-state index contributed by atoms with van der Waals surface area (Å²) >= 11 is 0. The highest BCUT2D eigenvalue weighted by Crippen LogP contribution is 2.08. The number of carbonyl (C=O) groups excluding carboxylic acids is 1. The molecule has 0 spiro atoms. The molecule has 1 heterocycles. The van der Waals surface area contributed by atoms with Crippen LogP contribution in [0.2, 0.25) is 0 Å². The number of carbonyl (C=O) groups is 1. The molecule has 0 aliphatic heterocycles. The molecule has 1 unspecified atom stereocenters. The second-order valence-electron chi connectivity index (χ2n) is 4.66. The number of pyridine rings is 1. The van der Waals surface area contributed by atoms with Crippen LogP contribution in [0.25, 0.3) is 0 Å². The fourth-order valence-electron chi connectivity index (χ4n) is 1.61. The number of hydrogen-bond acceptors (Lipinski definition) is 4. The van der Waals surface area contributed by atoms with Gasteiger partial charge in [0, 0.05) is 25.4 Å². The van der Waals surface area contributed by atoms with Gasteiger partial charge in [-0.3, -0.25) is 4.79 Å². The first-order valence-electron chi connectivity index (χ1n) is 6.60. The van der Waals surface area contributed by atoms with Gasteiger partial charge in [-0.1, -0.05) is 13.8 Å². The summed E-state index contributed by atoms with van der Waals surface area (Å²) in [5.41, 5.74) is 0.599. The van der Waals surface area contributed by atoms with Crippen LogP contribution in [0.15, 0.2) is 18.3 Å². The Bertz CT molecular complexity index is 407. The first-order valence-corrected chi connectivity index (χ1v) is 6.60. The van der Waals surface area contributed by atoms with Crippen LogP contribution in [0, 0.1) is 5.92 Å². The lowest BCUT2D eigenvalue weighted by atomic mass is 10.0. The molecule has 106 valence electrons. The minimum Gasteiger partial charge on any atom is -0.380 e. The lowest BCUT2D eigenvalue weighted by Crippen LogP contribution is -2.41. The van der Waals surface area contributed by atoms with Crippen molar-refractivity contribution in [3.63, 3.8) is 0 Å². The molecule has 0 aromatic carbocycles. The Balaban J connectivity index is 2.69. The highest BCUT2D eigenvalue weighted by molar-refractivity contribution is 5.95. The van der Waals surface area contributed by atoms with E-state index >= 15 is 0 Å². The van der Waals surface area contributed by atoms with Gasteiger partial charge in [-0.2, -0.15) is 0 Å². The Hall–Kier alpha value is -1.62. The third-order valence-corrected chi connectivity index (χ3v) is 2.90. The number of nitrogens with one attached hydrogen (secondary N) is 2. The van der Waals surface area contributed by atoms with Gasteiger partial charge in [-0.05, 0) is 25.0 Å². The zero-order valence-corrected chi connectivity index (χ0v) is 12.1. The number of rotatable bonds is 7. The highest BCUT2D eigenvalue weighted by Gasteiger charge is 2.17. The maximum atomic E-state index is 12.2. The Kier molecular flexibility index (Phi) is 6.29. The van der Waals surface area contributed by atoms with E-state index in [0.717, 1.165) is 0 Å². The third kappa shape index (κ3) is 4.87. The van der Waals surface area contributed by atoms with Crippen molar-refractivity contribution < 1.29 is 9.53 Å². The number of anilines is 1. The molecule has 1 amide bonds. The molecule has 1 atom stereocenters. The van der Waals surface area contributed by atoms with Crippen molar-refractivity contribution >= 4 is 11.7 Å². The molecule has 0 saturated heterocycles. The zero-order chi connectivity index (χ0) is 14.3. The molecule has 5 heteroatoms. The van der Waals surface area contributed by atoms with E-state index in [1.807, 2.05) is 6.92 Å². The number of nitrogens with zero attached hydrogens (tertiary/aromatic N) is 1. The van der Waals surface area contributed by atoms with Crippen LogP contribution in [0.5, 0.6) is 0 Å².